The lowest BCUT2D eigenvalue weighted by molar-refractivity contribution is 0.0733. The van der Waals surface area contributed by atoms with Gasteiger partial charge in [0.1, 0.15) is 0 Å². The number of H-pyrrole nitrogens is 1. The highest BCUT2D eigenvalue weighted by Crippen LogP contribution is 2.24. The van der Waals surface area contributed by atoms with Crippen molar-refractivity contribution in [3.05, 3.63) is 36.0 Å². The molecule has 0 unspecified atom stereocenters. The van der Waals surface area contributed by atoms with Gasteiger partial charge >= 0.3 is 0 Å². The van der Waals surface area contributed by atoms with Crippen molar-refractivity contribution in [1.82, 2.24) is 14.9 Å². The average molecular weight is 260 g/mol. The molecule has 102 valence electrons. The van der Waals surface area contributed by atoms with Crippen LogP contribution in [0.25, 0.3) is 10.9 Å². The Hall–Kier alpha value is -1.40. The highest BCUT2D eigenvalue weighted by atomic mass is 16.3. The molecule has 0 saturated carbocycles. The van der Waals surface area contributed by atoms with E-state index in [1.807, 2.05) is 35.5 Å². The largest absolute Gasteiger partial charge is 0.387 e. The number of aromatic amines is 1. The van der Waals surface area contributed by atoms with Gasteiger partial charge in [0.2, 0.25) is 0 Å². The molecular formula is C14H20N4O. The van der Waals surface area contributed by atoms with Crippen LogP contribution in [-0.4, -0.2) is 52.7 Å². The third-order valence-corrected chi connectivity index (χ3v) is 3.82. The van der Waals surface area contributed by atoms with Gasteiger partial charge in [0.15, 0.2) is 0 Å². The van der Waals surface area contributed by atoms with E-state index < -0.39 is 6.10 Å². The summed E-state index contributed by atoms with van der Waals surface area (Å²) in [5, 5.41) is 13.4. The average Bonchev–Trinajstić information content (AvgIpc) is 2.85. The third kappa shape index (κ3) is 2.64. The van der Waals surface area contributed by atoms with Crippen LogP contribution in [0.5, 0.6) is 0 Å². The van der Waals surface area contributed by atoms with Crippen molar-refractivity contribution in [2.24, 2.45) is 5.84 Å². The Bertz CT molecular complexity index is 545. The number of benzene rings is 1. The van der Waals surface area contributed by atoms with Crippen LogP contribution in [0.1, 0.15) is 11.7 Å². The van der Waals surface area contributed by atoms with Crippen LogP contribution in [0.15, 0.2) is 30.5 Å². The number of aliphatic hydroxyl groups is 1. The van der Waals surface area contributed by atoms with Gasteiger partial charge in [0.05, 0.1) is 6.10 Å². The number of nitrogens with one attached hydrogen (secondary N) is 1. The molecule has 19 heavy (non-hydrogen) atoms. The van der Waals surface area contributed by atoms with Crippen molar-refractivity contribution >= 4 is 10.9 Å². The molecule has 0 amide bonds. The minimum Gasteiger partial charge on any atom is -0.387 e. The number of rotatable bonds is 3. The Morgan fingerprint density at radius 1 is 1.21 bits per heavy atom. The summed E-state index contributed by atoms with van der Waals surface area (Å²) in [5.74, 6) is 5.74. The smallest absolute Gasteiger partial charge is 0.0937 e. The number of aromatic nitrogens is 1. The number of hydrogen-bond acceptors (Lipinski definition) is 4. The molecule has 1 aliphatic heterocycles. The summed E-state index contributed by atoms with van der Waals surface area (Å²) in [6.45, 7) is 4.21. The van der Waals surface area contributed by atoms with Gasteiger partial charge in [0, 0.05) is 55.4 Å². The van der Waals surface area contributed by atoms with Crippen LogP contribution in [0.3, 0.4) is 0 Å². The van der Waals surface area contributed by atoms with E-state index in [4.69, 9.17) is 5.84 Å². The summed E-state index contributed by atoms with van der Waals surface area (Å²) in [7, 11) is 0. The monoisotopic (exact) mass is 260 g/mol. The molecule has 1 saturated heterocycles. The van der Waals surface area contributed by atoms with E-state index in [9.17, 15) is 5.11 Å². The number of fused-ring (bicyclic) bond motifs is 1. The molecular weight excluding hydrogens is 240 g/mol. The summed E-state index contributed by atoms with van der Waals surface area (Å²) >= 11 is 0. The molecule has 2 aromatic rings. The fraction of sp³-hybridized carbons (Fsp3) is 0.429. The molecule has 1 fully saturated rings. The molecule has 3 rings (SSSR count). The zero-order chi connectivity index (χ0) is 13.2. The Kier molecular flexibility index (Phi) is 3.52. The van der Waals surface area contributed by atoms with Crippen LogP contribution in [0.4, 0.5) is 0 Å². The van der Waals surface area contributed by atoms with Gasteiger partial charge in [-0.3, -0.25) is 10.7 Å². The molecule has 1 aromatic heterocycles. The van der Waals surface area contributed by atoms with E-state index in [0.717, 1.165) is 42.6 Å². The van der Waals surface area contributed by atoms with Crippen LogP contribution >= 0.6 is 0 Å². The summed E-state index contributed by atoms with van der Waals surface area (Å²) < 4.78 is 0. The highest BCUT2D eigenvalue weighted by Gasteiger charge is 2.19. The zero-order valence-electron chi connectivity index (χ0n) is 10.9. The number of aliphatic hydroxyl groups excluding tert-OH is 1. The second-order valence-electron chi connectivity index (χ2n) is 5.14. The first-order chi connectivity index (χ1) is 9.24. The molecule has 1 aliphatic rings. The fourth-order valence-corrected chi connectivity index (χ4v) is 2.66. The summed E-state index contributed by atoms with van der Waals surface area (Å²) in [5.41, 5.74) is 2.05. The maximum absolute atomic E-state index is 10.4. The third-order valence-electron chi connectivity index (χ3n) is 3.82. The quantitative estimate of drug-likeness (QED) is 0.710. The molecule has 0 spiro atoms. The SMILES string of the molecule is NN1CCN(C[C@H](O)c2c[nH]c3ccccc23)CC1. The van der Waals surface area contributed by atoms with Crippen molar-refractivity contribution in [2.45, 2.75) is 6.10 Å². The lowest BCUT2D eigenvalue weighted by Crippen LogP contribution is -2.50. The van der Waals surface area contributed by atoms with Gasteiger partial charge < -0.3 is 10.1 Å². The number of β-amino-alcohol motifs (C(OH)–C–C–N with tert-alkyl or cyclic N) is 1. The maximum Gasteiger partial charge on any atom is 0.0937 e. The van der Waals surface area contributed by atoms with Crippen LogP contribution < -0.4 is 5.84 Å². The molecule has 0 bridgehead atoms. The van der Waals surface area contributed by atoms with E-state index in [1.54, 1.807) is 0 Å². The normalized spacial score (nSPS) is 19.9. The number of hydrazine groups is 1. The first kappa shape index (κ1) is 12.6. The fourth-order valence-electron chi connectivity index (χ4n) is 2.66. The second kappa shape index (κ2) is 5.30. The van der Waals surface area contributed by atoms with Crippen molar-refractivity contribution in [1.29, 1.82) is 0 Å². The summed E-state index contributed by atoms with van der Waals surface area (Å²) in [4.78, 5) is 5.47. The van der Waals surface area contributed by atoms with E-state index in [-0.39, 0.29) is 0 Å². The van der Waals surface area contributed by atoms with Gasteiger partial charge in [-0.15, -0.1) is 0 Å². The van der Waals surface area contributed by atoms with Crippen LogP contribution in [0.2, 0.25) is 0 Å². The molecule has 0 radical (unpaired) electrons. The lowest BCUT2D eigenvalue weighted by Gasteiger charge is -2.33. The van der Waals surface area contributed by atoms with E-state index in [2.05, 4.69) is 9.88 Å². The van der Waals surface area contributed by atoms with Gasteiger partial charge in [-0.2, -0.15) is 0 Å². The molecule has 4 N–H and O–H groups in total. The highest BCUT2D eigenvalue weighted by molar-refractivity contribution is 5.83. The Morgan fingerprint density at radius 3 is 2.74 bits per heavy atom. The topological polar surface area (TPSA) is 68.5 Å². The molecule has 2 heterocycles. The number of nitrogens with two attached hydrogens (primary N) is 1. The predicted molar refractivity (Wildman–Crippen MR) is 75.5 cm³/mol. The number of hydrogen-bond donors (Lipinski definition) is 3. The van der Waals surface area contributed by atoms with Crippen LogP contribution in [-0.2, 0) is 0 Å². The van der Waals surface area contributed by atoms with Crippen molar-refractivity contribution in [3.63, 3.8) is 0 Å². The predicted octanol–water partition coefficient (Wildman–Crippen LogP) is 0.693. The summed E-state index contributed by atoms with van der Waals surface area (Å²) in [6.07, 6.45) is 1.45. The summed E-state index contributed by atoms with van der Waals surface area (Å²) in [6, 6.07) is 8.07. The standard InChI is InChI=1S/C14H20N4O/c15-18-7-5-17(6-8-18)10-14(19)12-9-16-13-4-2-1-3-11(12)13/h1-4,9,14,16,19H,5-8,10,15H2/t14-/m0/s1. The molecule has 1 aromatic carbocycles. The molecule has 1 atom stereocenters. The maximum atomic E-state index is 10.4. The van der Waals surface area contributed by atoms with Gasteiger partial charge in [-0.25, -0.2) is 5.01 Å². The van der Waals surface area contributed by atoms with Crippen molar-refractivity contribution in [3.8, 4) is 0 Å². The van der Waals surface area contributed by atoms with Crippen molar-refractivity contribution in [2.75, 3.05) is 32.7 Å². The number of nitrogens with zero attached hydrogens (tertiary/aromatic N) is 2. The van der Waals surface area contributed by atoms with Crippen molar-refractivity contribution < 1.29 is 5.11 Å². The first-order valence-electron chi connectivity index (χ1n) is 6.70. The van der Waals surface area contributed by atoms with Gasteiger partial charge in [-0.1, -0.05) is 18.2 Å². The first-order valence-corrected chi connectivity index (χ1v) is 6.70. The van der Waals surface area contributed by atoms with E-state index in [1.165, 1.54) is 0 Å². The van der Waals surface area contributed by atoms with E-state index >= 15 is 0 Å². The Balaban J connectivity index is 1.71. The Morgan fingerprint density at radius 2 is 1.95 bits per heavy atom. The Labute approximate surface area is 112 Å². The minimum absolute atomic E-state index is 0.458. The molecule has 5 nitrogen and oxygen atoms in total. The van der Waals surface area contributed by atoms with Gasteiger partial charge in [-0.05, 0) is 6.07 Å². The van der Waals surface area contributed by atoms with Crippen LogP contribution in [0, 0.1) is 0 Å². The molecule has 5 heteroatoms. The van der Waals surface area contributed by atoms with Gasteiger partial charge in [0.25, 0.3) is 0 Å². The minimum atomic E-state index is -0.458. The lowest BCUT2D eigenvalue weighted by atomic mass is 10.1. The van der Waals surface area contributed by atoms with E-state index in [0.29, 0.717) is 6.54 Å². The number of para-hydroxylation sites is 1. The zero-order valence-corrected chi connectivity index (χ0v) is 10.9. The second-order valence-corrected chi connectivity index (χ2v) is 5.14. The molecule has 0 aliphatic carbocycles. The number of piperazine rings is 1.